The summed E-state index contributed by atoms with van der Waals surface area (Å²) in [6.45, 7) is 2.61. The molecule has 4 nitrogen and oxygen atoms in total. The van der Waals surface area contributed by atoms with Gasteiger partial charge in [0, 0.05) is 12.0 Å². The van der Waals surface area contributed by atoms with Crippen molar-refractivity contribution in [2.24, 2.45) is 5.10 Å². The Labute approximate surface area is 143 Å². The van der Waals surface area contributed by atoms with Crippen molar-refractivity contribution in [1.82, 2.24) is 5.43 Å². The van der Waals surface area contributed by atoms with Gasteiger partial charge in [0.15, 0.2) is 0 Å². The lowest BCUT2D eigenvalue weighted by atomic mass is 10.1. The van der Waals surface area contributed by atoms with E-state index >= 15 is 0 Å². The van der Waals surface area contributed by atoms with Gasteiger partial charge in [0.05, 0.1) is 6.21 Å². The Kier molecular flexibility index (Phi) is 10.6. The minimum atomic E-state index is -0.0365. The monoisotopic (exact) mass is 336 g/mol. The van der Waals surface area contributed by atoms with Crippen LogP contribution in [0.4, 0.5) is 0 Å². The van der Waals surface area contributed by atoms with Crippen molar-refractivity contribution < 1.29 is 9.53 Å². The summed E-state index contributed by atoms with van der Waals surface area (Å²) < 4.78 is 5.43. The second kappa shape index (κ2) is 12.7. The molecular weight excluding hydrogens is 312 g/mol. The average molecular weight is 337 g/mol. The van der Waals surface area contributed by atoms with Gasteiger partial charge < -0.3 is 4.74 Å². The lowest BCUT2D eigenvalue weighted by Crippen LogP contribution is -2.16. The van der Waals surface area contributed by atoms with Crippen molar-refractivity contribution >= 4 is 23.7 Å². The zero-order chi connectivity index (χ0) is 16.8. The van der Waals surface area contributed by atoms with E-state index in [0.29, 0.717) is 13.0 Å². The number of nitrogens with one attached hydrogen (secondary N) is 1. The second-order valence-electron chi connectivity index (χ2n) is 5.20. The maximum atomic E-state index is 11.6. The van der Waals surface area contributed by atoms with E-state index in [4.69, 9.17) is 16.3 Å². The number of nitrogens with zero attached hydrogens (tertiary/aromatic N) is 1. The zero-order valence-corrected chi connectivity index (χ0v) is 14.4. The molecule has 0 spiro atoms. The highest BCUT2D eigenvalue weighted by molar-refractivity contribution is 6.25. The highest BCUT2D eigenvalue weighted by Gasteiger charge is 1.99. The molecule has 0 saturated heterocycles. The van der Waals surface area contributed by atoms with Crippen LogP contribution in [0.25, 0.3) is 0 Å². The first kappa shape index (κ1) is 19.2. The first-order valence-corrected chi connectivity index (χ1v) is 8.50. The summed E-state index contributed by atoms with van der Waals surface area (Å²) in [5.41, 5.74) is 4.87. The number of halogens is 1. The molecule has 0 fully saturated rings. The largest absolute Gasteiger partial charge is 0.490 e. The van der Waals surface area contributed by atoms with Crippen molar-refractivity contribution in [3.8, 4) is 5.75 Å². The maximum absolute atomic E-state index is 11.6. The summed E-state index contributed by atoms with van der Waals surface area (Å²) in [5, 5.41) is 3.97. The third-order valence-electron chi connectivity index (χ3n) is 3.23. The second-order valence-corrected chi connectivity index (χ2v) is 5.45. The Balaban J connectivity index is 2.24. The predicted octanol–water partition coefficient (Wildman–Crippen LogP) is 4.63. The van der Waals surface area contributed by atoms with Crippen LogP contribution in [-0.2, 0) is 4.79 Å². The average Bonchev–Trinajstić information content (AvgIpc) is 2.56. The van der Waals surface area contributed by atoms with Crippen LogP contribution in [0.3, 0.4) is 0 Å². The highest BCUT2D eigenvalue weighted by atomic mass is 35.5. The summed E-state index contributed by atoms with van der Waals surface area (Å²) in [4.78, 5) is 11.6. The van der Waals surface area contributed by atoms with Gasteiger partial charge in [-0.25, -0.2) is 5.43 Å². The molecule has 0 heterocycles. The smallest absolute Gasteiger partial charge is 0.240 e. The summed E-state index contributed by atoms with van der Waals surface area (Å²) in [5.74, 6) is 0.721. The number of carbonyl (C=O) groups excluding carboxylic acids is 1. The van der Waals surface area contributed by atoms with Crippen molar-refractivity contribution in [2.45, 2.75) is 45.4 Å². The minimum Gasteiger partial charge on any atom is -0.490 e. The molecule has 0 radical (unpaired) electrons. The van der Waals surface area contributed by atoms with Crippen LogP contribution in [-0.4, -0.2) is 18.7 Å². The lowest BCUT2D eigenvalue weighted by Gasteiger charge is -2.03. The SMILES string of the molecule is CCCCCCCC(=O)NN=Cc1ccc(OCC=CCl)cc1. The van der Waals surface area contributed by atoms with Gasteiger partial charge in [-0.15, -0.1) is 0 Å². The van der Waals surface area contributed by atoms with Crippen LogP contribution in [0.2, 0.25) is 0 Å². The Morgan fingerprint density at radius 1 is 1.22 bits per heavy atom. The quantitative estimate of drug-likeness (QED) is 0.364. The Morgan fingerprint density at radius 2 is 1.96 bits per heavy atom. The van der Waals surface area contributed by atoms with E-state index in [-0.39, 0.29) is 5.91 Å². The predicted molar refractivity (Wildman–Crippen MR) is 96.0 cm³/mol. The Hall–Kier alpha value is -1.81. The molecule has 0 aliphatic rings. The van der Waals surface area contributed by atoms with E-state index in [1.165, 1.54) is 24.8 Å². The van der Waals surface area contributed by atoms with Crippen molar-refractivity contribution in [2.75, 3.05) is 6.61 Å². The molecule has 1 rings (SSSR count). The van der Waals surface area contributed by atoms with Gasteiger partial charge in [-0.2, -0.15) is 5.10 Å². The van der Waals surface area contributed by atoms with Crippen LogP contribution in [0.1, 0.15) is 51.0 Å². The molecule has 0 aliphatic heterocycles. The standard InChI is InChI=1S/C18H25ClN2O2/c1-2-3-4-5-6-8-18(22)21-20-15-16-9-11-17(12-10-16)23-14-7-13-19/h7,9-13,15H,2-6,8,14H2,1H3,(H,21,22). The molecule has 0 bridgehead atoms. The summed E-state index contributed by atoms with van der Waals surface area (Å²) >= 11 is 5.42. The van der Waals surface area contributed by atoms with Gasteiger partial charge in [0.25, 0.3) is 0 Å². The third kappa shape index (κ3) is 9.74. The van der Waals surface area contributed by atoms with E-state index < -0.39 is 0 Å². The van der Waals surface area contributed by atoms with Crippen LogP contribution < -0.4 is 10.2 Å². The van der Waals surface area contributed by atoms with Crippen molar-refractivity contribution in [1.29, 1.82) is 0 Å². The molecule has 0 aliphatic carbocycles. The molecule has 1 aromatic carbocycles. The number of hydrogen-bond acceptors (Lipinski definition) is 3. The third-order valence-corrected chi connectivity index (χ3v) is 3.40. The summed E-state index contributed by atoms with van der Waals surface area (Å²) in [6, 6.07) is 7.44. The topological polar surface area (TPSA) is 50.7 Å². The molecule has 1 aromatic rings. The van der Waals surface area contributed by atoms with E-state index in [9.17, 15) is 4.79 Å². The molecule has 0 saturated carbocycles. The Morgan fingerprint density at radius 3 is 2.65 bits per heavy atom. The number of hydrazone groups is 1. The molecule has 0 atom stereocenters. The number of carbonyl (C=O) groups is 1. The fourth-order valence-corrected chi connectivity index (χ4v) is 2.03. The molecule has 1 N–H and O–H groups in total. The van der Waals surface area contributed by atoms with E-state index in [0.717, 1.165) is 24.2 Å². The van der Waals surface area contributed by atoms with E-state index in [1.807, 2.05) is 24.3 Å². The van der Waals surface area contributed by atoms with Crippen LogP contribution in [0.5, 0.6) is 5.75 Å². The molecule has 126 valence electrons. The zero-order valence-electron chi connectivity index (χ0n) is 13.6. The summed E-state index contributed by atoms with van der Waals surface area (Å²) in [6.07, 6.45) is 9.54. The minimum absolute atomic E-state index is 0.0365. The maximum Gasteiger partial charge on any atom is 0.240 e. The fourth-order valence-electron chi connectivity index (χ4n) is 1.95. The van der Waals surface area contributed by atoms with Crippen molar-refractivity contribution in [3.63, 3.8) is 0 Å². The number of ether oxygens (including phenoxy) is 1. The molecule has 23 heavy (non-hydrogen) atoms. The van der Waals surface area contributed by atoms with Crippen molar-refractivity contribution in [3.05, 3.63) is 41.4 Å². The number of amides is 1. The number of rotatable bonds is 11. The fraction of sp³-hybridized carbons (Fsp3) is 0.444. The van der Waals surface area contributed by atoms with Gasteiger partial charge in [0.1, 0.15) is 12.4 Å². The van der Waals surface area contributed by atoms with Gasteiger partial charge in [-0.05, 0) is 42.3 Å². The molecule has 0 unspecified atom stereocenters. The first-order chi connectivity index (χ1) is 11.3. The van der Waals surface area contributed by atoms with Gasteiger partial charge in [-0.1, -0.05) is 44.2 Å². The van der Waals surface area contributed by atoms with Gasteiger partial charge in [0.2, 0.25) is 5.91 Å². The number of hydrogen-bond donors (Lipinski definition) is 1. The normalized spacial score (nSPS) is 11.2. The highest BCUT2D eigenvalue weighted by Crippen LogP contribution is 2.11. The molecule has 1 amide bonds. The van der Waals surface area contributed by atoms with Crippen LogP contribution in [0.15, 0.2) is 41.0 Å². The number of benzene rings is 1. The van der Waals surface area contributed by atoms with E-state index in [2.05, 4.69) is 17.5 Å². The van der Waals surface area contributed by atoms with Gasteiger partial charge in [-0.3, -0.25) is 4.79 Å². The van der Waals surface area contributed by atoms with Gasteiger partial charge >= 0.3 is 0 Å². The summed E-state index contributed by atoms with van der Waals surface area (Å²) in [7, 11) is 0. The number of unbranched alkanes of at least 4 members (excludes halogenated alkanes) is 4. The molecule has 5 heteroatoms. The molecule has 0 aromatic heterocycles. The lowest BCUT2D eigenvalue weighted by molar-refractivity contribution is -0.121. The van der Waals surface area contributed by atoms with Crippen LogP contribution in [0, 0.1) is 0 Å². The first-order valence-electron chi connectivity index (χ1n) is 8.06. The Bertz CT molecular complexity index is 498. The molecular formula is C18H25ClN2O2. The van der Waals surface area contributed by atoms with E-state index in [1.54, 1.807) is 12.3 Å². The van der Waals surface area contributed by atoms with Crippen LogP contribution >= 0.6 is 11.6 Å².